The van der Waals surface area contributed by atoms with E-state index in [0.29, 0.717) is 0 Å². The second-order valence-corrected chi connectivity index (χ2v) is 4.12. The molecule has 0 unspecified atom stereocenters. The summed E-state index contributed by atoms with van der Waals surface area (Å²) in [5.74, 6) is 0.841. The highest BCUT2D eigenvalue weighted by Crippen LogP contribution is 2.31. The van der Waals surface area contributed by atoms with E-state index in [2.05, 4.69) is 18.8 Å². The average Bonchev–Trinajstić information content (AvgIpc) is 2.71. The van der Waals surface area contributed by atoms with Gasteiger partial charge in [-0.3, -0.25) is 0 Å². The number of anilines is 1. The Balaban J connectivity index is 2.46. The summed E-state index contributed by atoms with van der Waals surface area (Å²) in [5.41, 5.74) is 7.45. The molecule has 0 atom stereocenters. The van der Waals surface area contributed by atoms with Crippen molar-refractivity contribution >= 4 is 5.69 Å². The molecule has 78 valence electrons. The van der Waals surface area contributed by atoms with E-state index >= 15 is 0 Å². The lowest BCUT2D eigenvalue weighted by atomic mass is 9.82. The monoisotopic (exact) mass is 202 g/mol. The van der Waals surface area contributed by atoms with Gasteiger partial charge in [-0.25, -0.2) is 4.98 Å². The van der Waals surface area contributed by atoms with E-state index in [4.69, 9.17) is 10.2 Å². The molecule has 3 heteroatoms. The minimum Gasteiger partial charge on any atom is -0.448 e. The van der Waals surface area contributed by atoms with Gasteiger partial charge in [0.05, 0.1) is 6.20 Å². The molecule has 0 saturated carbocycles. The van der Waals surface area contributed by atoms with Gasteiger partial charge < -0.3 is 10.2 Å². The van der Waals surface area contributed by atoms with Gasteiger partial charge in [0.25, 0.3) is 0 Å². The summed E-state index contributed by atoms with van der Waals surface area (Å²) in [6, 6.07) is 7.82. The largest absolute Gasteiger partial charge is 0.448 e. The molecule has 2 N–H and O–H groups in total. The Morgan fingerprint density at radius 2 is 2.13 bits per heavy atom. The van der Waals surface area contributed by atoms with Gasteiger partial charge >= 0.3 is 0 Å². The van der Waals surface area contributed by atoms with E-state index in [9.17, 15) is 0 Å². The quantitative estimate of drug-likeness (QED) is 0.761. The number of hydrogen-bond acceptors (Lipinski definition) is 3. The zero-order chi connectivity index (χ0) is 10.9. The van der Waals surface area contributed by atoms with Gasteiger partial charge in [0.2, 0.25) is 0 Å². The van der Waals surface area contributed by atoms with Gasteiger partial charge in [-0.1, -0.05) is 12.1 Å². The van der Waals surface area contributed by atoms with Crippen LogP contribution in [0.1, 0.15) is 25.2 Å². The van der Waals surface area contributed by atoms with Crippen molar-refractivity contribution in [3.8, 4) is 0 Å². The first-order valence-electron chi connectivity index (χ1n) is 4.85. The third-order valence-corrected chi connectivity index (χ3v) is 2.66. The molecule has 1 aromatic carbocycles. The number of oxazole rings is 1. The van der Waals surface area contributed by atoms with E-state index in [-0.39, 0.29) is 5.41 Å². The van der Waals surface area contributed by atoms with E-state index in [1.165, 1.54) is 6.39 Å². The van der Waals surface area contributed by atoms with Crippen LogP contribution in [0.25, 0.3) is 0 Å². The molecule has 2 aromatic rings. The Hall–Kier alpha value is -1.77. The lowest BCUT2D eigenvalue weighted by Crippen LogP contribution is -2.18. The molecule has 15 heavy (non-hydrogen) atoms. The van der Waals surface area contributed by atoms with Crippen LogP contribution in [0.15, 0.2) is 41.3 Å². The molecule has 2 rings (SSSR count). The standard InChI is InChI=1S/C12H14N2O/c1-12(2,11-7-14-8-15-11)9-4-3-5-10(13)6-9/h3-8H,13H2,1-2H3. The third-order valence-electron chi connectivity index (χ3n) is 2.66. The highest BCUT2D eigenvalue weighted by atomic mass is 16.3. The van der Waals surface area contributed by atoms with Gasteiger partial charge in [-0.2, -0.15) is 0 Å². The van der Waals surface area contributed by atoms with Crippen LogP contribution < -0.4 is 5.73 Å². The predicted molar refractivity (Wildman–Crippen MR) is 59.5 cm³/mol. The summed E-state index contributed by atoms with van der Waals surface area (Å²) in [5, 5.41) is 0. The minimum absolute atomic E-state index is 0.202. The van der Waals surface area contributed by atoms with E-state index in [1.54, 1.807) is 6.20 Å². The fraction of sp³-hybridized carbons (Fsp3) is 0.250. The molecule has 0 spiro atoms. The van der Waals surface area contributed by atoms with Crippen LogP contribution in [0.4, 0.5) is 5.69 Å². The smallest absolute Gasteiger partial charge is 0.180 e. The topological polar surface area (TPSA) is 52.0 Å². The zero-order valence-electron chi connectivity index (χ0n) is 8.90. The molecule has 0 bridgehead atoms. The van der Waals surface area contributed by atoms with Gasteiger partial charge in [0.1, 0.15) is 5.76 Å². The summed E-state index contributed by atoms with van der Waals surface area (Å²) in [6.45, 7) is 4.17. The first-order valence-corrected chi connectivity index (χ1v) is 4.85. The minimum atomic E-state index is -0.202. The summed E-state index contributed by atoms with van der Waals surface area (Å²) < 4.78 is 5.34. The number of nitrogens with zero attached hydrogens (tertiary/aromatic N) is 1. The lowest BCUT2D eigenvalue weighted by Gasteiger charge is -2.22. The molecule has 0 saturated heterocycles. The average molecular weight is 202 g/mol. The van der Waals surface area contributed by atoms with Gasteiger partial charge in [-0.15, -0.1) is 0 Å². The molecule has 3 nitrogen and oxygen atoms in total. The van der Waals surface area contributed by atoms with Crippen molar-refractivity contribution in [1.82, 2.24) is 4.98 Å². The molecule has 0 fully saturated rings. The summed E-state index contributed by atoms with van der Waals surface area (Å²) >= 11 is 0. The van der Waals surface area contributed by atoms with Crippen LogP contribution in [-0.4, -0.2) is 4.98 Å². The van der Waals surface area contributed by atoms with E-state index < -0.39 is 0 Å². The van der Waals surface area contributed by atoms with Gasteiger partial charge in [-0.05, 0) is 31.5 Å². The first kappa shape index (κ1) is 9.77. The number of nitrogens with two attached hydrogens (primary N) is 1. The number of rotatable bonds is 2. The van der Waals surface area contributed by atoms with Crippen molar-refractivity contribution in [3.05, 3.63) is 48.2 Å². The van der Waals surface area contributed by atoms with Crippen molar-refractivity contribution in [2.45, 2.75) is 19.3 Å². The maximum Gasteiger partial charge on any atom is 0.180 e. The van der Waals surface area contributed by atoms with Gasteiger partial charge in [0, 0.05) is 11.1 Å². The molecule has 0 amide bonds. The Labute approximate surface area is 88.9 Å². The van der Waals surface area contributed by atoms with Crippen molar-refractivity contribution in [3.63, 3.8) is 0 Å². The summed E-state index contributed by atoms with van der Waals surface area (Å²) in [7, 11) is 0. The normalized spacial score (nSPS) is 11.6. The Kier molecular flexibility index (Phi) is 2.23. The van der Waals surface area contributed by atoms with E-state index in [1.807, 2.05) is 24.3 Å². The second kappa shape index (κ2) is 3.42. The van der Waals surface area contributed by atoms with Crippen molar-refractivity contribution in [2.75, 3.05) is 5.73 Å². The maximum atomic E-state index is 5.76. The number of benzene rings is 1. The van der Waals surface area contributed by atoms with Crippen LogP contribution in [0, 0.1) is 0 Å². The van der Waals surface area contributed by atoms with Crippen LogP contribution in [0.3, 0.4) is 0 Å². The SMILES string of the molecule is CC(C)(c1cccc(N)c1)c1cnco1. The molecular weight excluding hydrogens is 188 g/mol. The Morgan fingerprint density at radius 1 is 1.33 bits per heavy atom. The number of aromatic nitrogens is 1. The number of hydrogen-bond donors (Lipinski definition) is 1. The molecule has 0 aliphatic rings. The summed E-state index contributed by atoms with van der Waals surface area (Å²) in [6.07, 6.45) is 3.19. The van der Waals surface area contributed by atoms with Crippen molar-refractivity contribution in [2.24, 2.45) is 0 Å². The fourth-order valence-corrected chi connectivity index (χ4v) is 1.59. The maximum absolute atomic E-state index is 5.76. The molecular formula is C12H14N2O. The van der Waals surface area contributed by atoms with Gasteiger partial charge in [0.15, 0.2) is 6.39 Å². The molecule has 0 aliphatic carbocycles. The first-order chi connectivity index (χ1) is 7.10. The lowest BCUT2D eigenvalue weighted by molar-refractivity contribution is 0.427. The molecule has 0 radical (unpaired) electrons. The Bertz CT molecular complexity index is 446. The number of nitrogen functional groups attached to an aromatic ring is 1. The van der Waals surface area contributed by atoms with Crippen LogP contribution in [-0.2, 0) is 5.41 Å². The van der Waals surface area contributed by atoms with Crippen LogP contribution >= 0.6 is 0 Å². The Morgan fingerprint density at radius 3 is 2.73 bits per heavy atom. The van der Waals surface area contributed by atoms with E-state index in [0.717, 1.165) is 17.0 Å². The molecule has 1 aromatic heterocycles. The van der Waals surface area contributed by atoms with Crippen LogP contribution in [0.2, 0.25) is 0 Å². The highest BCUT2D eigenvalue weighted by Gasteiger charge is 2.26. The molecule has 0 aliphatic heterocycles. The predicted octanol–water partition coefficient (Wildman–Crippen LogP) is 2.58. The third kappa shape index (κ3) is 1.73. The second-order valence-electron chi connectivity index (χ2n) is 4.12. The van der Waals surface area contributed by atoms with Crippen LogP contribution in [0.5, 0.6) is 0 Å². The summed E-state index contributed by atoms with van der Waals surface area (Å²) in [4.78, 5) is 3.94. The molecule has 1 heterocycles. The van der Waals surface area contributed by atoms with Crippen molar-refractivity contribution in [1.29, 1.82) is 0 Å². The zero-order valence-corrected chi connectivity index (χ0v) is 8.90. The highest BCUT2D eigenvalue weighted by molar-refractivity contribution is 5.45. The fourth-order valence-electron chi connectivity index (χ4n) is 1.59. The van der Waals surface area contributed by atoms with Crippen molar-refractivity contribution < 1.29 is 4.42 Å².